The molecule has 0 aromatic heterocycles. The van der Waals surface area contributed by atoms with Gasteiger partial charge in [0.15, 0.2) is 11.4 Å². The normalized spacial score (nSPS) is 14.5. The van der Waals surface area contributed by atoms with Gasteiger partial charge in [-0.1, -0.05) is 58.3 Å². The van der Waals surface area contributed by atoms with E-state index in [1.54, 1.807) is 0 Å². The zero-order valence-corrected chi connectivity index (χ0v) is 17.7. The Morgan fingerprint density at radius 2 is 1.44 bits per heavy atom. The first-order valence-electron chi connectivity index (χ1n) is 10.6. The molecule has 4 heteroatoms. The third-order valence-electron chi connectivity index (χ3n) is 5.17. The first kappa shape index (κ1) is 24.6. The van der Waals surface area contributed by atoms with Crippen LogP contribution in [0.25, 0.3) is 0 Å². The number of unbranched alkanes of at least 4 members (excludes halogenated alkanes) is 8. The molecule has 0 saturated carbocycles. The molecule has 0 amide bonds. The highest BCUT2D eigenvalue weighted by Crippen LogP contribution is 2.25. The molecule has 0 aliphatic carbocycles. The van der Waals surface area contributed by atoms with Crippen LogP contribution < -0.4 is 5.73 Å². The van der Waals surface area contributed by atoms with E-state index in [-0.39, 0.29) is 5.78 Å². The minimum absolute atomic E-state index is 0.239. The number of ketones is 1. The van der Waals surface area contributed by atoms with Gasteiger partial charge < -0.3 is 5.73 Å². The van der Waals surface area contributed by atoms with Gasteiger partial charge in [0.1, 0.15) is 6.54 Å². The van der Waals surface area contributed by atoms with Crippen LogP contribution >= 0.6 is 0 Å². The molecule has 0 heterocycles. The topological polar surface area (TPSA) is 52.3 Å². The molecule has 0 fully saturated rings. The summed E-state index contributed by atoms with van der Waals surface area (Å²) < 4.78 is 0.407. The smallest absolute Gasteiger partial charge is 0.182 e. The first-order chi connectivity index (χ1) is 11.8. The zero-order chi connectivity index (χ0) is 19.2. The van der Waals surface area contributed by atoms with E-state index in [1.165, 1.54) is 44.9 Å². The Morgan fingerprint density at radius 3 is 1.92 bits per heavy atom. The molecule has 0 aromatic rings. The summed E-state index contributed by atoms with van der Waals surface area (Å²) in [6.07, 6.45) is 13.6. The first-order valence-corrected chi connectivity index (χ1v) is 10.6. The number of nitrogens with zero attached hydrogens (tertiary/aromatic N) is 1. The van der Waals surface area contributed by atoms with Crippen molar-refractivity contribution in [2.45, 2.75) is 103 Å². The van der Waals surface area contributed by atoms with Gasteiger partial charge >= 0.3 is 0 Å². The second-order valence-corrected chi connectivity index (χ2v) is 8.11. The predicted molar refractivity (Wildman–Crippen MR) is 107 cm³/mol. The van der Waals surface area contributed by atoms with Crippen LogP contribution in [0.15, 0.2) is 0 Å². The second kappa shape index (κ2) is 13.7. The van der Waals surface area contributed by atoms with Gasteiger partial charge in [-0.3, -0.25) is 4.79 Å². The number of hydroxylamine groups is 3. The lowest BCUT2D eigenvalue weighted by Crippen LogP contribution is -2.51. The molecular weight excluding hydrogens is 312 g/mol. The van der Waals surface area contributed by atoms with E-state index in [0.717, 1.165) is 25.8 Å². The highest BCUT2D eigenvalue weighted by molar-refractivity contribution is 5.86. The highest BCUT2D eigenvalue weighted by atomic mass is 16.7. The minimum atomic E-state index is -0.709. The van der Waals surface area contributed by atoms with E-state index in [2.05, 4.69) is 13.8 Å². The van der Waals surface area contributed by atoms with Gasteiger partial charge in [0.05, 0.1) is 14.1 Å². The summed E-state index contributed by atoms with van der Waals surface area (Å²) in [5.41, 5.74) is 4.95. The van der Waals surface area contributed by atoms with E-state index in [1.807, 2.05) is 21.0 Å². The fraction of sp³-hybridized carbons (Fsp3) is 0.952. The van der Waals surface area contributed by atoms with Gasteiger partial charge in [0.25, 0.3) is 0 Å². The van der Waals surface area contributed by atoms with Crippen LogP contribution in [0.2, 0.25) is 0 Å². The average Bonchev–Trinajstić information content (AvgIpc) is 2.58. The number of carbonyl (C=O) groups is 1. The Hall–Kier alpha value is -0.450. The van der Waals surface area contributed by atoms with E-state index in [0.29, 0.717) is 24.0 Å². The molecule has 2 N–H and O–H groups in total. The van der Waals surface area contributed by atoms with Gasteiger partial charge in [-0.25, -0.2) is 0 Å². The minimum Gasteiger partial charge on any atom is -0.330 e. The predicted octanol–water partition coefficient (Wildman–Crippen LogP) is 5.00. The number of nitrogens with two attached hydrogens (primary N) is 1. The molecule has 25 heavy (non-hydrogen) atoms. The molecule has 0 bridgehead atoms. The molecule has 1 unspecified atom stereocenters. The third kappa shape index (κ3) is 11.7. The highest BCUT2D eigenvalue weighted by Gasteiger charge is 2.39. The van der Waals surface area contributed by atoms with E-state index in [9.17, 15) is 4.79 Å². The van der Waals surface area contributed by atoms with Crippen molar-refractivity contribution in [1.82, 2.24) is 0 Å². The van der Waals surface area contributed by atoms with Crippen molar-refractivity contribution in [1.29, 1.82) is 0 Å². The van der Waals surface area contributed by atoms with Crippen molar-refractivity contribution < 1.29 is 14.3 Å². The molecule has 0 aliphatic rings. The van der Waals surface area contributed by atoms with Crippen LogP contribution in [0, 0.1) is 0 Å². The van der Waals surface area contributed by atoms with Gasteiger partial charge in [-0.2, -0.15) is 9.48 Å². The molecule has 150 valence electrons. The lowest BCUT2D eigenvalue weighted by Gasteiger charge is -2.36. The summed E-state index contributed by atoms with van der Waals surface area (Å²) in [7, 11) is 4.01. The lowest BCUT2D eigenvalue weighted by molar-refractivity contribution is -1.08. The summed E-state index contributed by atoms with van der Waals surface area (Å²) in [5, 5.41) is 0. The molecule has 4 nitrogen and oxygen atoms in total. The third-order valence-corrected chi connectivity index (χ3v) is 5.17. The molecule has 0 spiro atoms. The van der Waals surface area contributed by atoms with E-state index in [4.69, 9.17) is 10.6 Å². The monoisotopic (exact) mass is 357 g/mol. The van der Waals surface area contributed by atoms with Crippen molar-refractivity contribution in [2.75, 3.05) is 27.2 Å². The van der Waals surface area contributed by atoms with Crippen molar-refractivity contribution in [3.05, 3.63) is 0 Å². The summed E-state index contributed by atoms with van der Waals surface area (Å²) in [4.78, 5) is 19.0. The van der Waals surface area contributed by atoms with E-state index < -0.39 is 5.60 Å². The average molecular weight is 358 g/mol. The summed E-state index contributed by atoms with van der Waals surface area (Å²) >= 11 is 0. The molecule has 0 aromatic carbocycles. The number of quaternary nitrogens is 1. The van der Waals surface area contributed by atoms with Crippen molar-refractivity contribution in [2.24, 2.45) is 5.73 Å². The fourth-order valence-electron chi connectivity index (χ4n) is 3.15. The largest absolute Gasteiger partial charge is 0.330 e. The SMILES string of the molecule is CCCCCCCCCCCC(=O)C(C)(CCCN)O[N+](C)(C)CC. The molecule has 0 saturated heterocycles. The van der Waals surface area contributed by atoms with Crippen LogP contribution in [0.4, 0.5) is 0 Å². The maximum absolute atomic E-state index is 12.8. The number of Topliss-reactive ketones (excluding diaryl/α,β-unsaturated/α-hetero) is 1. The van der Waals surface area contributed by atoms with Crippen LogP contribution in [-0.2, 0) is 9.63 Å². The zero-order valence-electron chi connectivity index (χ0n) is 17.7. The van der Waals surface area contributed by atoms with Gasteiger partial charge in [-0.05, 0) is 39.7 Å². The molecule has 0 aliphatic heterocycles. The molecular formula is C21H45N2O2+. The Bertz CT molecular complexity index is 345. The molecule has 0 radical (unpaired) electrons. The van der Waals surface area contributed by atoms with E-state index >= 15 is 0 Å². The summed E-state index contributed by atoms with van der Waals surface area (Å²) in [6.45, 7) is 7.72. The van der Waals surface area contributed by atoms with Crippen LogP contribution in [0.1, 0.15) is 97.8 Å². The van der Waals surface area contributed by atoms with Crippen LogP contribution in [0.5, 0.6) is 0 Å². The summed E-state index contributed by atoms with van der Waals surface area (Å²) in [6, 6.07) is 0. The van der Waals surface area contributed by atoms with Gasteiger partial charge in [-0.15, -0.1) is 0 Å². The number of hydrogen-bond donors (Lipinski definition) is 1. The van der Waals surface area contributed by atoms with Crippen LogP contribution in [-0.4, -0.2) is 43.2 Å². The Labute approximate surface area is 157 Å². The quantitative estimate of drug-likeness (QED) is 0.226. The van der Waals surface area contributed by atoms with Crippen molar-refractivity contribution >= 4 is 5.78 Å². The maximum Gasteiger partial charge on any atom is 0.182 e. The molecule has 1 atom stereocenters. The van der Waals surface area contributed by atoms with Crippen molar-refractivity contribution in [3.63, 3.8) is 0 Å². The molecule has 0 rings (SSSR count). The Morgan fingerprint density at radius 1 is 0.920 bits per heavy atom. The van der Waals surface area contributed by atoms with Gasteiger partial charge in [0, 0.05) is 6.42 Å². The van der Waals surface area contributed by atoms with Crippen LogP contribution in [0.3, 0.4) is 0 Å². The summed E-state index contributed by atoms with van der Waals surface area (Å²) in [5.74, 6) is 0.239. The van der Waals surface area contributed by atoms with Gasteiger partial charge in [0.2, 0.25) is 0 Å². The number of rotatable bonds is 17. The fourth-order valence-corrected chi connectivity index (χ4v) is 3.15. The van der Waals surface area contributed by atoms with Crippen molar-refractivity contribution in [3.8, 4) is 0 Å². The second-order valence-electron chi connectivity index (χ2n) is 8.11. The number of carbonyl (C=O) groups excluding carboxylic acids is 1. The lowest BCUT2D eigenvalue weighted by atomic mass is 9.91. The Balaban J connectivity index is 4.17. The Kier molecular flexibility index (Phi) is 13.5. The number of hydrogen-bond acceptors (Lipinski definition) is 3. The standard InChI is InChI=1S/C21H45N2O2/c1-6-8-9-10-11-12-13-14-15-17-20(24)21(3,18-16-19-22)25-23(4,5)7-2/h6-19,22H2,1-5H3/q+1. The maximum atomic E-state index is 12.8.